The third-order valence-electron chi connectivity index (χ3n) is 3.01. The number of nitrogens with one attached hydrogen (secondary N) is 1. The maximum Gasteiger partial charge on any atom is 0.244 e. The highest BCUT2D eigenvalue weighted by Gasteiger charge is 2.21. The Morgan fingerprint density at radius 2 is 2.28 bits per heavy atom. The molecule has 0 radical (unpaired) electrons. The summed E-state index contributed by atoms with van der Waals surface area (Å²) in [5.74, 6) is 1.26. The molecule has 3 rings (SSSR count). The molecule has 1 atom stereocenters. The van der Waals surface area contributed by atoms with Crippen LogP contribution in [0.15, 0.2) is 27.5 Å². The van der Waals surface area contributed by atoms with Crippen molar-refractivity contribution >= 4 is 15.9 Å². The zero-order valence-electron chi connectivity index (χ0n) is 9.77. The van der Waals surface area contributed by atoms with Crippen LogP contribution in [0.3, 0.4) is 0 Å². The van der Waals surface area contributed by atoms with Gasteiger partial charge in [-0.1, -0.05) is 11.6 Å². The maximum atomic E-state index is 5.33. The number of pyridine rings is 1. The van der Waals surface area contributed by atoms with Crippen molar-refractivity contribution in [2.45, 2.75) is 25.3 Å². The van der Waals surface area contributed by atoms with Crippen LogP contribution >= 0.6 is 15.9 Å². The van der Waals surface area contributed by atoms with Crippen LogP contribution in [0.2, 0.25) is 0 Å². The van der Waals surface area contributed by atoms with Gasteiger partial charge in [0.25, 0.3) is 0 Å². The first kappa shape index (κ1) is 11.8. The summed E-state index contributed by atoms with van der Waals surface area (Å²) in [7, 11) is 0. The van der Waals surface area contributed by atoms with E-state index in [9.17, 15) is 0 Å². The Labute approximate surface area is 113 Å². The number of hydrogen-bond acceptors (Lipinski definition) is 5. The van der Waals surface area contributed by atoms with Gasteiger partial charge < -0.3 is 9.84 Å². The Balaban J connectivity index is 1.84. The van der Waals surface area contributed by atoms with Crippen molar-refractivity contribution in [2.75, 3.05) is 6.54 Å². The van der Waals surface area contributed by atoms with Gasteiger partial charge in [0.2, 0.25) is 11.7 Å². The lowest BCUT2D eigenvalue weighted by molar-refractivity contribution is 0.297. The summed E-state index contributed by atoms with van der Waals surface area (Å²) in [5, 5.41) is 7.41. The summed E-state index contributed by atoms with van der Waals surface area (Å²) in [6.07, 6.45) is 6.93. The zero-order chi connectivity index (χ0) is 12.4. The van der Waals surface area contributed by atoms with Gasteiger partial charge in [-0.25, -0.2) is 0 Å². The number of aromatic nitrogens is 3. The number of hydrogen-bond donors (Lipinski definition) is 1. The van der Waals surface area contributed by atoms with Gasteiger partial charge in [0.1, 0.15) is 0 Å². The normalized spacial score (nSPS) is 19.9. The molecule has 1 N–H and O–H groups in total. The fraction of sp³-hybridized carbons (Fsp3) is 0.417. The van der Waals surface area contributed by atoms with E-state index in [-0.39, 0.29) is 6.04 Å². The minimum Gasteiger partial charge on any atom is -0.337 e. The lowest BCUT2D eigenvalue weighted by atomic mass is 10.1. The van der Waals surface area contributed by atoms with E-state index in [1.807, 2.05) is 6.07 Å². The summed E-state index contributed by atoms with van der Waals surface area (Å²) in [4.78, 5) is 8.54. The summed E-state index contributed by atoms with van der Waals surface area (Å²) in [6, 6.07) is 2.12. The summed E-state index contributed by atoms with van der Waals surface area (Å²) >= 11 is 3.38. The Kier molecular flexibility index (Phi) is 3.38. The number of rotatable bonds is 2. The average Bonchev–Trinajstić information content (AvgIpc) is 2.89. The monoisotopic (exact) mass is 308 g/mol. The molecule has 0 bridgehead atoms. The highest BCUT2D eigenvalue weighted by molar-refractivity contribution is 9.10. The van der Waals surface area contributed by atoms with Crippen molar-refractivity contribution in [1.29, 1.82) is 0 Å². The predicted octanol–water partition coefficient (Wildman–Crippen LogP) is 2.71. The minimum atomic E-state index is 0.195. The molecule has 3 heterocycles. The van der Waals surface area contributed by atoms with Crippen molar-refractivity contribution in [3.8, 4) is 11.4 Å². The van der Waals surface area contributed by atoms with E-state index >= 15 is 0 Å². The van der Waals surface area contributed by atoms with E-state index in [1.54, 1.807) is 12.4 Å². The fourth-order valence-electron chi connectivity index (χ4n) is 2.09. The Morgan fingerprint density at radius 3 is 3.06 bits per heavy atom. The van der Waals surface area contributed by atoms with Gasteiger partial charge >= 0.3 is 0 Å². The van der Waals surface area contributed by atoms with Crippen molar-refractivity contribution in [1.82, 2.24) is 20.4 Å². The quantitative estimate of drug-likeness (QED) is 0.924. The largest absolute Gasteiger partial charge is 0.337 e. The van der Waals surface area contributed by atoms with Crippen LogP contribution in [0.25, 0.3) is 11.4 Å². The van der Waals surface area contributed by atoms with Crippen molar-refractivity contribution < 1.29 is 4.52 Å². The smallest absolute Gasteiger partial charge is 0.244 e. The number of halogens is 1. The number of nitrogens with zero attached hydrogens (tertiary/aromatic N) is 3. The van der Waals surface area contributed by atoms with Crippen molar-refractivity contribution in [2.24, 2.45) is 0 Å². The molecule has 5 nitrogen and oxygen atoms in total. The van der Waals surface area contributed by atoms with E-state index in [4.69, 9.17) is 4.52 Å². The van der Waals surface area contributed by atoms with Gasteiger partial charge in [0.15, 0.2) is 0 Å². The SMILES string of the molecule is Brc1cncc(-c2noc(C3CCCCN3)n2)c1. The third-order valence-corrected chi connectivity index (χ3v) is 3.45. The van der Waals surface area contributed by atoms with Gasteiger partial charge in [0, 0.05) is 22.4 Å². The predicted molar refractivity (Wildman–Crippen MR) is 69.8 cm³/mol. The minimum absolute atomic E-state index is 0.195. The molecular formula is C12H13BrN4O. The standard InChI is InChI=1S/C12H13BrN4O/c13-9-5-8(6-14-7-9)11-16-12(18-17-11)10-3-1-2-4-15-10/h5-7,10,15H,1-4H2. The van der Waals surface area contributed by atoms with Gasteiger partial charge in [-0.3, -0.25) is 4.98 Å². The van der Waals surface area contributed by atoms with Gasteiger partial charge in [-0.2, -0.15) is 4.98 Å². The van der Waals surface area contributed by atoms with Gasteiger partial charge in [-0.05, 0) is 41.4 Å². The molecule has 2 aromatic rings. The third kappa shape index (κ3) is 2.44. The van der Waals surface area contributed by atoms with Crippen LogP contribution < -0.4 is 5.32 Å². The van der Waals surface area contributed by atoms with Crippen molar-refractivity contribution in [3.05, 3.63) is 28.8 Å². The molecule has 0 aromatic carbocycles. The van der Waals surface area contributed by atoms with Crippen molar-refractivity contribution in [3.63, 3.8) is 0 Å². The highest BCUT2D eigenvalue weighted by atomic mass is 79.9. The van der Waals surface area contributed by atoms with Crippen LogP contribution in [-0.2, 0) is 0 Å². The van der Waals surface area contributed by atoms with Gasteiger partial charge in [-0.15, -0.1) is 0 Å². The van der Waals surface area contributed by atoms with Crippen LogP contribution in [0, 0.1) is 0 Å². The molecule has 1 saturated heterocycles. The molecule has 18 heavy (non-hydrogen) atoms. The van der Waals surface area contributed by atoms with E-state index in [0.29, 0.717) is 11.7 Å². The molecule has 6 heteroatoms. The number of piperidine rings is 1. The lowest BCUT2D eigenvalue weighted by Crippen LogP contribution is -2.26. The van der Waals surface area contributed by atoms with E-state index in [2.05, 4.69) is 36.4 Å². The molecule has 0 saturated carbocycles. The maximum absolute atomic E-state index is 5.33. The fourth-order valence-corrected chi connectivity index (χ4v) is 2.46. The van der Waals surface area contributed by atoms with Gasteiger partial charge in [0.05, 0.1) is 6.04 Å². The Hall–Kier alpha value is -1.27. The lowest BCUT2D eigenvalue weighted by Gasteiger charge is -2.19. The van der Waals surface area contributed by atoms with Crippen LogP contribution in [0.4, 0.5) is 0 Å². The second-order valence-corrected chi connectivity index (χ2v) is 5.27. The summed E-state index contributed by atoms with van der Waals surface area (Å²) in [5.41, 5.74) is 0.857. The van der Waals surface area contributed by atoms with Crippen LogP contribution in [-0.4, -0.2) is 21.7 Å². The molecule has 1 fully saturated rings. The Bertz CT molecular complexity index is 536. The van der Waals surface area contributed by atoms with E-state index in [0.717, 1.165) is 23.0 Å². The highest BCUT2D eigenvalue weighted by Crippen LogP contribution is 2.24. The molecule has 1 aliphatic heterocycles. The first-order valence-electron chi connectivity index (χ1n) is 6.01. The van der Waals surface area contributed by atoms with E-state index in [1.165, 1.54) is 12.8 Å². The Morgan fingerprint density at radius 1 is 1.33 bits per heavy atom. The molecule has 94 valence electrons. The first-order chi connectivity index (χ1) is 8.83. The molecule has 0 spiro atoms. The van der Waals surface area contributed by atoms with Crippen LogP contribution in [0.1, 0.15) is 31.2 Å². The second-order valence-electron chi connectivity index (χ2n) is 4.35. The molecule has 1 aliphatic rings. The average molecular weight is 309 g/mol. The molecule has 2 aromatic heterocycles. The first-order valence-corrected chi connectivity index (χ1v) is 6.80. The van der Waals surface area contributed by atoms with E-state index < -0.39 is 0 Å². The summed E-state index contributed by atoms with van der Waals surface area (Å²) < 4.78 is 6.24. The zero-order valence-corrected chi connectivity index (χ0v) is 11.4. The van der Waals surface area contributed by atoms with Crippen LogP contribution in [0.5, 0.6) is 0 Å². The second kappa shape index (κ2) is 5.16. The topological polar surface area (TPSA) is 63.8 Å². The molecular weight excluding hydrogens is 296 g/mol. The molecule has 1 unspecified atom stereocenters. The molecule has 0 amide bonds. The summed E-state index contributed by atoms with van der Waals surface area (Å²) in [6.45, 7) is 1.01. The molecule has 0 aliphatic carbocycles.